The van der Waals surface area contributed by atoms with Gasteiger partial charge in [-0.3, -0.25) is 9.52 Å². The Labute approximate surface area is 192 Å². The third-order valence-corrected chi connectivity index (χ3v) is 6.62. The maximum Gasteiger partial charge on any atom is 0.323 e. The van der Waals surface area contributed by atoms with Crippen molar-refractivity contribution >= 4 is 55.9 Å². The Bertz CT molecular complexity index is 1480. The quantitative estimate of drug-likeness (QED) is 0.327. The molecule has 0 bridgehead atoms. The van der Waals surface area contributed by atoms with E-state index in [2.05, 4.69) is 20.0 Å². The Balaban J connectivity index is 1.44. The van der Waals surface area contributed by atoms with Crippen molar-refractivity contribution in [1.82, 2.24) is 15.3 Å². The van der Waals surface area contributed by atoms with Crippen LogP contribution in [0, 0.1) is 0 Å². The molecule has 3 aromatic carbocycles. The molecule has 0 saturated carbocycles. The van der Waals surface area contributed by atoms with E-state index in [1.165, 1.54) is 42.5 Å². The molecule has 164 valence electrons. The summed E-state index contributed by atoms with van der Waals surface area (Å²) in [6.45, 7) is 0.215. The zero-order chi connectivity index (χ0) is 22.9. The fourth-order valence-electron chi connectivity index (χ4n) is 3.03. The fraction of sp³-hybridized carbons (Fsp3) is 0.0476. The Kier molecular flexibility index (Phi) is 5.96. The highest BCUT2D eigenvalue weighted by Gasteiger charge is 2.16. The lowest BCUT2D eigenvalue weighted by molar-refractivity contribution is 0.0951. The molecule has 8 nitrogen and oxygen atoms in total. The minimum absolute atomic E-state index is 0.0121. The van der Waals surface area contributed by atoms with Crippen LogP contribution in [-0.2, 0) is 16.6 Å². The van der Waals surface area contributed by atoms with Crippen LogP contribution in [0.3, 0.4) is 0 Å². The minimum atomic E-state index is -3.90. The predicted molar refractivity (Wildman–Crippen MR) is 124 cm³/mol. The van der Waals surface area contributed by atoms with Gasteiger partial charge in [0.1, 0.15) is 0 Å². The van der Waals surface area contributed by atoms with Crippen molar-refractivity contribution in [2.24, 2.45) is 0 Å². The van der Waals surface area contributed by atoms with Crippen LogP contribution in [0.4, 0.5) is 5.69 Å². The summed E-state index contributed by atoms with van der Waals surface area (Å²) in [5.74, 6) is -0.340. The second-order valence-corrected chi connectivity index (χ2v) is 9.41. The number of carbonyl (C=O) groups excluding carboxylic acids is 1. The van der Waals surface area contributed by atoms with E-state index in [1.807, 2.05) is 0 Å². The summed E-state index contributed by atoms with van der Waals surface area (Å²) in [6, 6.07) is 15.2. The first-order valence-corrected chi connectivity index (χ1v) is 11.5. The molecule has 11 heteroatoms. The molecule has 4 rings (SSSR count). The molecule has 0 aliphatic heterocycles. The van der Waals surface area contributed by atoms with Crippen molar-refractivity contribution in [2.75, 3.05) is 4.72 Å². The van der Waals surface area contributed by atoms with Crippen LogP contribution in [0.1, 0.15) is 15.9 Å². The van der Waals surface area contributed by atoms with E-state index in [0.29, 0.717) is 26.6 Å². The SMILES string of the molecule is O=C(NCc1ccc(Cl)cc1Cl)c1ccc(NS(=O)(=O)c2ccc3[nH]c(=O)[nH]c3c2)cc1. The molecule has 0 atom stereocenters. The first-order valence-electron chi connectivity index (χ1n) is 9.28. The van der Waals surface area contributed by atoms with Gasteiger partial charge in [0.25, 0.3) is 15.9 Å². The number of aromatic nitrogens is 2. The highest BCUT2D eigenvalue weighted by molar-refractivity contribution is 7.92. The molecule has 1 heterocycles. The monoisotopic (exact) mass is 490 g/mol. The lowest BCUT2D eigenvalue weighted by Gasteiger charge is -2.10. The molecule has 0 unspecified atom stereocenters. The number of H-pyrrole nitrogens is 2. The summed E-state index contributed by atoms with van der Waals surface area (Å²) < 4.78 is 27.8. The van der Waals surface area contributed by atoms with Gasteiger partial charge in [-0.05, 0) is 60.2 Å². The Morgan fingerprint density at radius 2 is 1.62 bits per heavy atom. The molecule has 0 saturated heterocycles. The summed E-state index contributed by atoms with van der Waals surface area (Å²) >= 11 is 12.0. The van der Waals surface area contributed by atoms with Crippen molar-refractivity contribution in [2.45, 2.75) is 11.4 Å². The maximum absolute atomic E-state index is 12.7. The van der Waals surface area contributed by atoms with Gasteiger partial charge in [0.05, 0.1) is 15.9 Å². The standard InChI is InChI=1S/C21H16Cl2N4O4S/c22-14-4-1-13(17(23)9-14)11-24-20(28)12-2-5-15(6-3-12)27-32(30,31)16-7-8-18-19(10-16)26-21(29)25-18/h1-10,27H,11H2,(H,24,28)(H2,25,26,29). The lowest BCUT2D eigenvalue weighted by atomic mass is 10.2. The number of hydrogen-bond acceptors (Lipinski definition) is 4. The summed E-state index contributed by atoms with van der Waals surface area (Å²) in [4.78, 5) is 28.8. The molecular formula is C21H16Cl2N4O4S. The highest BCUT2D eigenvalue weighted by atomic mass is 35.5. The molecule has 1 aromatic heterocycles. The third kappa shape index (κ3) is 4.80. The van der Waals surface area contributed by atoms with Gasteiger partial charge in [-0.15, -0.1) is 0 Å². The number of halogens is 2. The highest BCUT2D eigenvalue weighted by Crippen LogP contribution is 2.22. The van der Waals surface area contributed by atoms with Gasteiger partial charge in [-0.2, -0.15) is 0 Å². The largest absolute Gasteiger partial charge is 0.348 e. The van der Waals surface area contributed by atoms with E-state index in [9.17, 15) is 18.0 Å². The van der Waals surface area contributed by atoms with Crippen LogP contribution in [0.5, 0.6) is 0 Å². The Morgan fingerprint density at radius 1 is 0.906 bits per heavy atom. The molecule has 4 N–H and O–H groups in total. The first-order chi connectivity index (χ1) is 15.2. The zero-order valence-electron chi connectivity index (χ0n) is 16.3. The number of carbonyl (C=O) groups is 1. The fourth-order valence-corrected chi connectivity index (χ4v) is 4.58. The van der Waals surface area contributed by atoms with Gasteiger partial charge < -0.3 is 15.3 Å². The van der Waals surface area contributed by atoms with E-state index in [-0.39, 0.29) is 23.0 Å². The molecular weight excluding hydrogens is 475 g/mol. The number of fused-ring (bicyclic) bond motifs is 1. The summed E-state index contributed by atoms with van der Waals surface area (Å²) in [5.41, 5.74) is 1.81. The van der Waals surface area contributed by atoms with Crippen molar-refractivity contribution < 1.29 is 13.2 Å². The summed E-state index contributed by atoms with van der Waals surface area (Å²) in [7, 11) is -3.90. The van der Waals surface area contributed by atoms with Gasteiger partial charge in [0.2, 0.25) is 0 Å². The number of benzene rings is 3. The van der Waals surface area contributed by atoms with Crippen molar-refractivity contribution in [1.29, 1.82) is 0 Å². The Hall–Kier alpha value is -3.27. The number of anilines is 1. The van der Waals surface area contributed by atoms with Gasteiger partial charge in [-0.25, -0.2) is 13.2 Å². The van der Waals surface area contributed by atoms with E-state index < -0.39 is 15.7 Å². The smallest absolute Gasteiger partial charge is 0.323 e. The number of hydrogen-bond donors (Lipinski definition) is 4. The van der Waals surface area contributed by atoms with Crippen LogP contribution in [0.25, 0.3) is 11.0 Å². The predicted octanol–water partition coefficient (Wildman–Crippen LogP) is 3.89. The molecule has 4 aromatic rings. The lowest BCUT2D eigenvalue weighted by Crippen LogP contribution is -2.23. The summed E-state index contributed by atoms with van der Waals surface area (Å²) in [5, 5.41) is 3.70. The molecule has 0 radical (unpaired) electrons. The number of amides is 1. The second-order valence-electron chi connectivity index (χ2n) is 6.89. The molecule has 0 aliphatic carbocycles. The van der Waals surface area contributed by atoms with Crippen molar-refractivity contribution in [3.8, 4) is 0 Å². The molecule has 0 aliphatic rings. The number of sulfonamides is 1. The van der Waals surface area contributed by atoms with Gasteiger partial charge >= 0.3 is 5.69 Å². The molecule has 0 spiro atoms. The summed E-state index contributed by atoms with van der Waals surface area (Å²) in [6.07, 6.45) is 0. The van der Waals surface area contributed by atoms with E-state index >= 15 is 0 Å². The van der Waals surface area contributed by atoms with Gasteiger partial charge in [0, 0.05) is 27.8 Å². The molecule has 1 amide bonds. The van der Waals surface area contributed by atoms with Crippen LogP contribution in [0.15, 0.2) is 70.4 Å². The van der Waals surface area contributed by atoms with Crippen LogP contribution < -0.4 is 15.7 Å². The second kappa shape index (κ2) is 8.70. The number of aromatic amines is 2. The maximum atomic E-state index is 12.7. The van der Waals surface area contributed by atoms with E-state index in [1.54, 1.807) is 18.2 Å². The average molecular weight is 491 g/mol. The normalized spacial score (nSPS) is 11.4. The van der Waals surface area contributed by atoms with Crippen LogP contribution in [-0.4, -0.2) is 24.3 Å². The van der Waals surface area contributed by atoms with Crippen LogP contribution >= 0.6 is 23.2 Å². The Morgan fingerprint density at radius 3 is 2.34 bits per heavy atom. The number of imidazole rings is 1. The first kappa shape index (κ1) is 21.9. The minimum Gasteiger partial charge on any atom is -0.348 e. The van der Waals surface area contributed by atoms with Gasteiger partial charge in [-0.1, -0.05) is 29.3 Å². The van der Waals surface area contributed by atoms with Gasteiger partial charge in [0.15, 0.2) is 0 Å². The van der Waals surface area contributed by atoms with E-state index in [4.69, 9.17) is 23.2 Å². The van der Waals surface area contributed by atoms with Crippen LogP contribution in [0.2, 0.25) is 10.0 Å². The molecule has 32 heavy (non-hydrogen) atoms. The number of nitrogens with one attached hydrogen (secondary N) is 4. The number of rotatable bonds is 6. The van der Waals surface area contributed by atoms with Crippen molar-refractivity contribution in [3.05, 3.63) is 92.3 Å². The molecule has 0 fully saturated rings. The average Bonchev–Trinajstić information content (AvgIpc) is 3.12. The topological polar surface area (TPSA) is 124 Å². The van der Waals surface area contributed by atoms with Crippen molar-refractivity contribution in [3.63, 3.8) is 0 Å². The van der Waals surface area contributed by atoms with E-state index in [0.717, 1.165) is 5.56 Å². The third-order valence-electron chi connectivity index (χ3n) is 4.65. The zero-order valence-corrected chi connectivity index (χ0v) is 18.6.